The average molecular weight is 534 g/mol. The Morgan fingerprint density at radius 1 is 1.29 bits per heavy atom. The van der Waals surface area contributed by atoms with Crippen LogP contribution in [0.5, 0.6) is 5.75 Å². The second kappa shape index (κ2) is 10.4. The van der Waals surface area contributed by atoms with Gasteiger partial charge in [0.1, 0.15) is 22.3 Å². The van der Waals surface area contributed by atoms with E-state index in [2.05, 4.69) is 10.3 Å². The Bertz CT molecular complexity index is 1150. The minimum Gasteiger partial charge on any atom is -0.490 e. The Hall–Kier alpha value is -2.85. The topological polar surface area (TPSA) is 88.9 Å². The van der Waals surface area contributed by atoms with E-state index in [1.807, 2.05) is 6.92 Å². The molecule has 5 N–H and O–H groups in total. The third-order valence-electron chi connectivity index (χ3n) is 5.31. The summed E-state index contributed by atoms with van der Waals surface area (Å²) in [6, 6.07) is 1.13. The summed E-state index contributed by atoms with van der Waals surface area (Å²) in [5, 5.41) is 2.05. The van der Waals surface area contributed by atoms with E-state index >= 15 is 4.39 Å². The molecule has 0 fully saturated rings. The van der Waals surface area contributed by atoms with Crippen molar-refractivity contribution in [1.29, 1.82) is 0 Å². The number of nitrogens with zero attached hydrogens (tertiary/aromatic N) is 2. The number of hydrogen-bond acceptors (Lipinski definition) is 6. The van der Waals surface area contributed by atoms with Gasteiger partial charge in [-0.3, -0.25) is 0 Å². The number of allylic oxidation sites excluding steroid dienone is 3. The van der Waals surface area contributed by atoms with Gasteiger partial charge in [-0.1, -0.05) is 29.3 Å². The van der Waals surface area contributed by atoms with Gasteiger partial charge in [-0.25, -0.2) is 9.38 Å². The van der Waals surface area contributed by atoms with Gasteiger partial charge in [0, 0.05) is 25.0 Å². The van der Waals surface area contributed by atoms with Gasteiger partial charge in [-0.05, 0) is 50.5 Å². The molecule has 190 valence electrons. The van der Waals surface area contributed by atoms with E-state index in [1.54, 1.807) is 24.9 Å². The van der Waals surface area contributed by atoms with Crippen LogP contribution < -0.4 is 21.5 Å². The molecule has 0 bridgehead atoms. The lowest BCUT2D eigenvalue weighted by molar-refractivity contribution is -0.0964. The van der Waals surface area contributed by atoms with Crippen LogP contribution in [0.2, 0.25) is 5.02 Å². The quantitative estimate of drug-likeness (QED) is 0.348. The molecule has 1 atom stereocenters. The molecule has 0 aromatic heterocycles. The van der Waals surface area contributed by atoms with Crippen molar-refractivity contribution in [3.05, 3.63) is 69.1 Å². The first-order chi connectivity index (χ1) is 16.3. The fourth-order valence-corrected chi connectivity index (χ4v) is 4.23. The van der Waals surface area contributed by atoms with Crippen molar-refractivity contribution in [3.8, 4) is 5.75 Å². The van der Waals surface area contributed by atoms with Gasteiger partial charge in [0.15, 0.2) is 11.7 Å². The van der Waals surface area contributed by atoms with E-state index in [-0.39, 0.29) is 58.0 Å². The highest BCUT2D eigenvalue weighted by Crippen LogP contribution is 2.40. The van der Waals surface area contributed by atoms with E-state index in [9.17, 15) is 13.2 Å². The second-order valence-corrected chi connectivity index (χ2v) is 9.11. The van der Waals surface area contributed by atoms with Gasteiger partial charge >= 0.3 is 6.18 Å². The van der Waals surface area contributed by atoms with Crippen LogP contribution in [0.15, 0.2) is 52.2 Å². The molecule has 2 heterocycles. The number of aliphatic imine (C=N–C) groups is 1. The zero-order valence-corrected chi connectivity index (χ0v) is 20.7. The van der Waals surface area contributed by atoms with Gasteiger partial charge in [0.2, 0.25) is 0 Å². The van der Waals surface area contributed by atoms with Gasteiger partial charge in [-0.2, -0.15) is 13.2 Å². The van der Waals surface area contributed by atoms with Gasteiger partial charge in [0.05, 0.1) is 16.7 Å². The lowest BCUT2D eigenvalue weighted by Gasteiger charge is -2.32. The Balaban J connectivity index is 2.08. The minimum absolute atomic E-state index is 0.00117. The fourth-order valence-electron chi connectivity index (χ4n) is 3.81. The smallest absolute Gasteiger partial charge is 0.430 e. The molecule has 2 aliphatic rings. The number of ether oxygens (including phenoxy) is 1. The molecule has 0 radical (unpaired) electrons. The number of alkyl halides is 3. The maximum atomic E-state index is 15.3. The molecule has 1 aromatic carbocycles. The number of dihydropyridines is 1. The number of halogens is 6. The molecule has 1 unspecified atom stereocenters. The van der Waals surface area contributed by atoms with Crippen LogP contribution in [-0.2, 0) is 6.42 Å². The van der Waals surface area contributed by atoms with Crippen molar-refractivity contribution in [2.24, 2.45) is 16.5 Å². The highest BCUT2D eigenvalue weighted by atomic mass is 35.5. The molecule has 6 nitrogen and oxygen atoms in total. The van der Waals surface area contributed by atoms with Crippen molar-refractivity contribution in [3.63, 3.8) is 0 Å². The van der Waals surface area contributed by atoms with E-state index in [0.717, 1.165) is 6.08 Å². The molecular weight excluding hydrogens is 509 g/mol. The number of rotatable bonds is 6. The summed E-state index contributed by atoms with van der Waals surface area (Å²) in [6.07, 6.45) is 0.605. The lowest BCUT2D eigenvalue weighted by atomic mass is 9.95. The van der Waals surface area contributed by atoms with Gasteiger partial charge < -0.3 is 26.4 Å². The number of benzene rings is 1. The molecule has 0 amide bonds. The summed E-state index contributed by atoms with van der Waals surface area (Å²) in [4.78, 5) is 5.73. The normalized spacial score (nSPS) is 18.6. The molecule has 0 spiro atoms. The second-order valence-electron chi connectivity index (χ2n) is 8.30. The number of hydrogen-bond donors (Lipinski definition) is 3. The third-order valence-corrected chi connectivity index (χ3v) is 5.76. The fraction of sp³-hybridized carbons (Fsp3) is 0.348. The molecule has 0 saturated heterocycles. The summed E-state index contributed by atoms with van der Waals surface area (Å²) >= 11 is 12.3. The van der Waals surface area contributed by atoms with E-state index < -0.39 is 17.7 Å². The molecule has 0 aliphatic carbocycles. The van der Waals surface area contributed by atoms with Crippen molar-refractivity contribution in [1.82, 2.24) is 10.2 Å². The summed E-state index contributed by atoms with van der Waals surface area (Å²) < 4.78 is 60.4. The summed E-state index contributed by atoms with van der Waals surface area (Å²) in [5.74, 6) is -0.456. The van der Waals surface area contributed by atoms with Crippen molar-refractivity contribution >= 4 is 34.6 Å². The summed E-state index contributed by atoms with van der Waals surface area (Å²) in [5.41, 5.74) is 12.0. The van der Waals surface area contributed by atoms with Crippen LogP contribution in [0.3, 0.4) is 0 Å². The molecule has 2 aliphatic heterocycles. The standard InChI is InChI=1S/C23H25Cl2F4N5O/c1-11(2)35-20-14(8-12(3)34-7-6-32-22(31)19(34)21(25)30)9-15(24)18(26)17(20)13-4-5-16(33-10-13)23(27,28)29/h4-7,9,11-12,33H,8,10,30H2,1-3H3,(H2,31,32)/b21-19-. The van der Waals surface area contributed by atoms with Crippen LogP contribution in [0.25, 0.3) is 5.57 Å². The average Bonchev–Trinajstić information content (AvgIpc) is 2.76. The van der Waals surface area contributed by atoms with Crippen molar-refractivity contribution in [2.75, 3.05) is 6.54 Å². The zero-order valence-electron chi connectivity index (χ0n) is 19.2. The highest BCUT2D eigenvalue weighted by molar-refractivity contribution is 6.31. The van der Waals surface area contributed by atoms with Crippen LogP contribution in [-0.4, -0.2) is 35.6 Å². The summed E-state index contributed by atoms with van der Waals surface area (Å²) in [6.45, 7) is 5.12. The number of nitrogens with one attached hydrogen (secondary N) is 1. The predicted octanol–water partition coefficient (Wildman–Crippen LogP) is 5.14. The van der Waals surface area contributed by atoms with Crippen molar-refractivity contribution in [2.45, 2.75) is 45.5 Å². The maximum absolute atomic E-state index is 15.3. The largest absolute Gasteiger partial charge is 0.490 e. The minimum atomic E-state index is -4.55. The maximum Gasteiger partial charge on any atom is 0.430 e. The Morgan fingerprint density at radius 2 is 1.97 bits per heavy atom. The Morgan fingerprint density at radius 3 is 2.51 bits per heavy atom. The number of amidine groups is 1. The molecule has 3 rings (SSSR count). The highest BCUT2D eigenvalue weighted by Gasteiger charge is 2.35. The number of nitrogens with two attached hydrogens (primary N) is 2. The first kappa shape index (κ1) is 26.7. The summed E-state index contributed by atoms with van der Waals surface area (Å²) in [7, 11) is 0. The van der Waals surface area contributed by atoms with Crippen molar-refractivity contribution < 1.29 is 22.3 Å². The van der Waals surface area contributed by atoms with Crippen LogP contribution in [0.1, 0.15) is 31.9 Å². The third kappa shape index (κ3) is 5.87. The van der Waals surface area contributed by atoms with Crippen LogP contribution in [0.4, 0.5) is 17.6 Å². The Labute approximate surface area is 210 Å². The molecule has 35 heavy (non-hydrogen) atoms. The van der Waals surface area contributed by atoms with Crippen LogP contribution >= 0.6 is 23.2 Å². The monoisotopic (exact) mass is 533 g/mol. The lowest BCUT2D eigenvalue weighted by Crippen LogP contribution is -2.38. The van der Waals surface area contributed by atoms with E-state index in [1.165, 1.54) is 18.3 Å². The molecule has 1 aromatic rings. The molecule has 0 saturated carbocycles. The molecular formula is C23H25Cl2F4N5O. The van der Waals surface area contributed by atoms with Crippen LogP contribution in [0, 0.1) is 5.82 Å². The predicted molar refractivity (Wildman–Crippen MR) is 130 cm³/mol. The van der Waals surface area contributed by atoms with E-state index in [0.29, 0.717) is 11.3 Å². The first-order valence-corrected chi connectivity index (χ1v) is 11.4. The van der Waals surface area contributed by atoms with E-state index in [4.69, 9.17) is 39.4 Å². The van der Waals surface area contributed by atoms with Gasteiger partial charge in [-0.15, -0.1) is 0 Å². The first-order valence-electron chi connectivity index (χ1n) is 10.6. The molecule has 12 heteroatoms. The van der Waals surface area contributed by atoms with Gasteiger partial charge in [0.25, 0.3) is 0 Å². The Kier molecular flexibility index (Phi) is 7.96. The SMILES string of the molecule is CC(C)Oc1c(CC(C)N2C=CN=C(N)/C2=C(/N)Cl)cc(Cl)c(F)c1C1=CC=C(C(F)(F)F)NC1. The zero-order chi connectivity index (χ0) is 26.1.